The molecule has 0 radical (unpaired) electrons. The van der Waals surface area contributed by atoms with E-state index in [1.165, 1.54) is 11.1 Å². The Labute approximate surface area is 224 Å². The van der Waals surface area contributed by atoms with E-state index in [0.717, 1.165) is 5.56 Å². The normalized spacial score (nSPS) is 15.8. The van der Waals surface area contributed by atoms with E-state index in [-0.39, 0.29) is 23.4 Å². The number of carbonyl (C=O) groups excluding carboxylic acids is 1. The van der Waals surface area contributed by atoms with Gasteiger partial charge in [-0.3, -0.25) is 4.79 Å². The number of hydrogen-bond acceptors (Lipinski definition) is 7. The Kier molecular flexibility index (Phi) is 7.77. The fourth-order valence-corrected chi connectivity index (χ4v) is 5.89. The number of nitrogens with zero attached hydrogens (tertiary/aromatic N) is 3. The molecule has 0 aliphatic carbocycles. The van der Waals surface area contributed by atoms with E-state index in [9.17, 15) is 22.5 Å². The van der Waals surface area contributed by atoms with Gasteiger partial charge >= 0.3 is 6.18 Å². The van der Waals surface area contributed by atoms with Crippen LogP contribution in [0.4, 0.5) is 42.0 Å². The Morgan fingerprint density at radius 1 is 1.16 bits per heavy atom. The van der Waals surface area contributed by atoms with Gasteiger partial charge in [0.1, 0.15) is 12.2 Å². The number of anilines is 5. The number of benzene rings is 2. The monoisotopic (exact) mass is 565 g/mol. The molecule has 0 saturated heterocycles. The third kappa shape index (κ3) is 5.97. The number of ketones is 1. The van der Waals surface area contributed by atoms with Crippen LogP contribution in [0.1, 0.15) is 25.8 Å². The minimum absolute atomic E-state index is 0.0928. The molecule has 202 valence electrons. The first kappa shape index (κ1) is 27.9. The molecule has 1 atom stereocenters. The molecule has 0 bridgehead atoms. The molecule has 1 aromatic heterocycles. The number of alkyl halides is 3. The number of aryl methyl sites for hydroxylation is 1. The van der Waals surface area contributed by atoms with Gasteiger partial charge in [0.2, 0.25) is 5.95 Å². The Morgan fingerprint density at radius 2 is 1.87 bits per heavy atom. The van der Waals surface area contributed by atoms with Crippen molar-refractivity contribution in [3.05, 3.63) is 59.2 Å². The molecule has 1 aliphatic rings. The van der Waals surface area contributed by atoms with Crippen LogP contribution in [0.15, 0.2) is 48.7 Å². The third-order valence-electron chi connectivity index (χ3n) is 6.26. The van der Waals surface area contributed by atoms with E-state index in [0.29, 0.717) is 34.6 Å². The molecule has 4 rings (SSSR count). The molecule has 2 N–H and O–H groups in total. The second-order valence-corrected chi connectivity index (χ2v) is 13.4. The van der Waals surface area contributed by atoms with Crippen LogP contribution in [-0.4, -0.2) is 47.3 Å². The van der Waals surface area contributed by atoms with Gasteiger partial charge < -0.3 is 20.1 Å². The molecule has 3 aromatic rings. The molecule has 0 saturated carbocycles. The third-order valence-corrected chi connectivity index (χ3v) is 8.09. The molecule has 2 heterocycles. The largest absolute Gasteiger partial charge is 0.452 e. The van der Waals surface area contributed by atoms with Gasteiger partial charge in [0, 0.05) is 22.7 Å². The smallest absolute Gasteiger partial charge is 0.358 e. The number of hydrogen-bond donors (Lipinski definition) is 2. The van der Waals surface area contributed by atoms with E-state index < -0.39 is 25.1 Å². The molecule has 7 nitrogen and oxygen atoms in total. The molecule has 1 unspecified atom stereocenters. The maximum Gasteiger partial charge on any atom is 0.452 e. The highest BCUT2D eigenvalue weighted by Gasteiger charge is 2.47. The van der Waals surface area contributed by atoms with Crippen LogP contribution < -0.4 is 20.8 Å². The summed E-state index contributed by atoms with van der Waals surface area (Å²) in [4.78, 5) is 22.4. The lowest BCUT2D eigenvalue weighted by Gasteiger charge is -2.41. The lowest BCUT2D eigenvalue weighted by Crippen LogP contribution is -2.52. The standard InChI is InChI=1S/C26H28ClF3N5O2P/c1-15(2)35-20(23(36)26(28,29)30)12-10-16-9-11-17(13-21(16)35)32-25-31-14-18(27)24(34-25)33-19-7-5-6-8-22(19)38(3,4)37/h5-9,11,13-15,20H,10,12H2,1-4H3,(H2,31,32,33,34). The zero-order chi connectivity index (χ0) is 27.8. The molecule has 0 fully saturated rings. The van der Waals surface area contributed by atoms with Crippen molar-refractivity contribution < 1.29 is 22.5 Å². The highest BCUT2D eigenvalue weighted by atomic mass is 35.5. The zero-order valence-electron chi connectivity index (χ0n) is 21.3. The first-order chi connectivity index (χ1) is 17.8. The lowest BCUT2D eigenvalue weighted by atomic mass is 9.91. The number of fused-ring (bicyclic) bond motifs is 1. The van der Waals surface area contributed by atoms with E-state index in [2.05, 4.69) is 20.6 Å². The van der Waals surface area contributed by atoms with Crippen LogP contribution in [0, 0.1) is 0 Å². The van der Waals surface area contributed by atoms with Crippen molar-refractivity contribution >= 4 is 58.7 Å². The van der Waals surface area contributed by atoms with Gasteiger partial charge in [-0.25, -0.2) is 4.98 Å². The maximum atomic E-state index is 13.3. The van der Waals surface area contributed by atoms with E-state index in [1.54, 1.807) is 63.6 Å². The van der Waals surface area contributed by atoms with Crippen molar-refractivity contribution in [1.82, 2.24) is 9.97 Å². The van der Waals surface area contributed by atoms with Crippen LogP contribution in [0.2, 0.25) is 5.02 Å². The highest BCUT2D eigenvalue weighted by molar-refractivity contribution is 7.70. The van der Waals surface area contributed by atoms with Crippen molar-refractivity contribution in [2.24, 2.45) is 0 Å². The summed E-state index contributed by atoms with van der Waals surface area (Å²) in [5.74, 6) is -1.25. The fourth-order valence-electron chi connectivity index (χ4n) is 4.60. The second-order valence-electron chi connectivity index (χ2n) is 9.77. The van der Waals surface area contributed by atoms with Crippen molar-refractivity contribution in [2.75, 3.05) is 28.9 Å². The van der Waals surface area contributed by atoms with Gasteiger partial charge in [0.15, 0.2) is 5.82 Å². The predicted molar refractivity (Wildman–Crippen MR) is 146 cm³/mol. The fraction of sp³-hybridized carbons (Fsp3) is 0.346. The van der Waals surface area contributed by atoms with Gasteiger partial charge in [0.05, 0.1) is 17.9 Å². The number of halogens is 4. The van der Waals surface area contributed by atoms with Crippen molar-refractivity contribution in [1.29, 1.82) is 0 Å². The van der Waals surface area contributed by atoms with Gasteiger partial charge in [-0.05, 0) is 69.8 Å². The molecular formula is C26H28ClF3N5O2P. The van der Waals surface area contributed by atoms with Gasteiger partial charge in [0.25, 0.3) is 5.78 Å². The summed E-state index contributed by atoms with van der Waals surface area (Å²) in [6.45, 7) is 6.86. The number of Topliss-reactive ketones (excluding diaryl/α,β-unsaturated/α-hetero) is 1. The van der Waals surface area contributed by atoms with E-state index >= 15 is 0 Å². The minimum Gasteiger partial charge on any atom is -0.358 e. The summed E-state index contributed by atoms with van der Waals surface area (Å²) in [6, 6.07) is 10.9. The van der Waals surface area contributed by atoms with Gasteiger partial charge in [-0.1, -0.05) is 29.8 Å². The van der Waals surface area contributed by atoms with Crippen molar-refractivity contribution in [3.63, 3.8) is 0 Å². The second kappa shape index (κ2) is 10.6. The van der Waals surface area contributed by atoms with E-state index in [1.807, 2.05) is 6.07 Å². The van der Waals surface area contributed by atoms with Crippen molar-refractivity contribution in [2.45, 2.75) is 44.9 Å². The van der Waals surface area contributed by atoms with Crippen LogP contribution in [0.5, 0.6) is 0 Å². The van der Waals surface area contributed by atoms with Crippen LogP contribution >= 0.6 is 18.7 Å². The minimum atomic E-state index is -4.91. The zero-order valence-corrected chi connectivity index (χ0v) is 23.0. The Morgan fingerprint density at radius 3 is 2.53 bits per heavy atom. The average molecular weight is 566 g/mol. The quantitative estimate of drug-likeness (QED) is 0.315. The number of aromatic nitrogens is 2. The Hall–Kier alpha value is -3.10. The molecule has 2 aromatic carbocycles. The molecular weight excluding hydrogens is 538 g/mol. The SMILES string of the molecule is CC(C)N1c2cc(Nc3ncc(Cl)c(Nc4ccccc4P(C)(C)=O)n3)ccc2CCC1C(=O)C(F)(F)F. The summed E-state index contributed by atoms with van der Waals surface area (Å²) < 4.78 is 52.6. The first-order valence-corrected chi connectivity index (χ1v) is 15.0. The van der Waals surface area contributed by atoms with Crippen LogP contribution in [0.3, 0.4) is 0 Å². The summed E-state index contributed by atoms with van der Waals surface area (Å²) in [6.07, 6.45) is -3.05. The number of para-hydroxylation sites is 1. The first-order valence-electron chi connectivity index (χ1n) is 12.0. The molecule has 1 aliphatic heterocycles. The summed E-state index contributed by atoms with van der Waals surface area (Å²) in [7, 11) is -2.59. The Balaban J connectivity index is 1.63. The molecule has 0 spiro atoms. The molecule has 12 heteroatoms. The number of carbonyl (C=O) groups is 1. The van der Waals surface area contributed by atoms with Gasteiger partial charge in [-0.2, -0.15) is 18.2 Å². The van der Waals surface area contributed by atoms with Crippen LogP contribution in [0.25, 0.3) is 0 Å². The Bertz CT molecular complexity index is 1410. The molecule has 38 heavy (non-hydrogen) atoms. The number of rotatable bonds is 7. The number of nitrogens with one attached hydrogen (secondary N) is 2. The maximum absolute atomic E-state index is 13.3. The summed E-state index contributed by atoms with van der Waals surface area (Å²) in [5, 5.41) is 7.10. The summed E-state index contributed by atoms with van der Waals surface area (Å²) >= 11 is 6.33. The average Bonchev–Trinajstić information content (AvgIpc) is 2.83. The lowest BCUT2D eigenvalue weighted by molar-refractivity contribution is -0.172. The van der Waals surface area contributed by atoms with E-state index in [4.69, 9.17) is 11.6 Å². The summed E-state index contributed by atoms with van der Waals surface area (Å²) in [5.41, 5.74) is 2.56. The highest BCUT2D eigenvalue weighted by Crippen LogP contribution is 2.39. The van der Waals surface area contributed by atoms with Gasteiger partial charge in [-0.15, -0.1) is 0 Å². The van der Waals surface area contributed by atoms with Crippen molar-refractivity contribution in [3.8, 4) is 0 Å². The topological polar surface area (TPSA) is 87.2 Å². The predicted octanol–water partition coefficient (Wildman–Crippen LogP) is 6.53. The van der Waals surface area contributed by atoms with Crippen LogP contribution in [-0.2, 0) is 15.8 Å². The molecule has 0 amide bonds.